The van der Waals surface area contributed by atoms with Gasteiger partial charge in [0.25, 0.3) is 0 Å². The summed E-state index contributed by atoms with van der Waals surface area (Å²) in [4.78, 5) is 0. The van der Waals surface area contributed by atoms with Crippen molar-refractivity contribution in [2.75, 3.05) is 0 Å². The molecule has 21 heavy (non-hydrogen) atoms. The van der Waals surface area contributed by atoms with E-state index >= 15 is 0 Å². The van der Waals surface area contributed by atoms with E-state index in [2.05, 4.69) is 5.16 Å². The SMILES string of the molecule is CC(C)=NOP(=O)(Oc1ccccc1)Oc1ccccc1. The number of hydrogen-bond acceptors (Lipinski definition) is 5. The topological polar surface area (TPSA) is 57.1 Å². The van der Waals surface area contributed by atoms with E-state index in [0.717, 1.165) is 0 Å². The molecule has 110 valence electrons. The monoisotopic (exact) mass is 305 g/mol. The van der Waals surface area contributed by atoms with Crippen molar-refractivity contribution in [1.29, 1.82) is 0 Å². The lowest BCUT2D eigenvalue weighted by Crippen LogP contribution is -2.03. The van der Waals surface area contributed by atoms with E-state index in [0.29, 0.717) is 17.2 Å². The highest BCUT2D eigenvalue weighted by Crippen LogP contribution is 2.49. The molecular formula is C15H16NO4P. The van der Waals surface area contributed by atoms with Gasteiger partial charge in [-0.05, 0) is 38.1 Å². The van der Waals surface area contributed by atoms with Crippen molar-refractivity contribution in [2.24, 2.45) is 5.16 Å². The Morgan fingerprint density at radius 1 is 0.857 bits per heavy atom. The molecule has 0 aliphatic carbocycles. The van der Waals surface area contributed by atoms with Gasteiger partial charge < -0.3 is 9.05 Å². The van der Waals surface area contributed by atoms with E-state index in [1.54, 1.807) is 62.4 Å². The molecule has 0 aliphatic rings. The van der Waals surface area contributed by atoms with Gasteiger partial charge in [-0.2, -0.15) is 4.57 Å². The Bertz CT molecular complexity index is 594. The molecular weight excluding hydrogens is 289 g/mol. The van der Waals surface area contributed by atoms with E-state index in [1.165, 1.54) is 0 Å². The van der Waals surface area contributed by atoms with Gasteiger partial charge in [-0.1, -0.05) is 41.6 Å². The van der Waals surface area contributed by atoms with Crippen molar-refractivity contribution >= 4 is 13.5 Å². The molecule has 0 aliphatic heterocycles. The predicted octanol–water partition coefficient (Wildman–Crippen LogP) is 4.66. The second-order valence-corrected chi connectivity index (χ2v) is 5.80. The number of phosphoric ester groups is 1. The van der Waals surface area contributed by atoms with Crippen LogP contribution < -0.4 is 9.05 Å². The highest BCUT2D eigenvalue weighted by molar-refractivity contribution is 7.49. The smallest absolute Gasteiger partial charge is 0.385 e. The average Bonchev–Trinajstić information content (AvgIpc) is 2.47. The summed E-state index contributed by atoms with van der Waals surface area (Å²) in [5.74, 6) is 0.751. The summed E-state index contributed by atoms with van der Waals surface area (Å²) in [5.41, 5.74) is 0.601. The van der Waals surface area contributed by atoms with E-state index in [9.17, 15) is 4.57 Å². The van der Waals surface area contributed by atoms with E-state index in [4.69, 9.17) is 13.7 Å². The minimum Gasteiger partial charge on any atom is -0.385 e. The summed E-state index contributed by atoms with van der Waals surface area (Å²) in [6.07, 6.45) is 0. The first-order valence-electron chi connectivity index (χ1n) is 6.37. The standard InChI is InChI=1S/C15H16NO4P/c1-13(2)16-20-21(17,18-14-9-5-3-6-10-14)19-15-11-7-4-8-12-15/h3-12H,1-2H3. The van der Waals surface area contributed by atoms with Crippen LogP contribution in [0.4, 0.5) is 0 Å². The zero-order valence-corrected chi connectivity index (χ0v) is 12.7. The lowest BCUT2D eigenvalue weighted by molar-refractivity contribution is 0.218. The highest BCUT2D eigenvalue weighted by atomic mass is 31.2. The first kappa shape index (κ1) is 15.1. The van der Waals surface area contributed by atoms with Gasteiger partial charge in [-0.15, -0.1) is 0 Å². The molecule has 5 nitrogen and oxygen atoms in total. The van der Waals surface area contributed by atoms with Gasteiger partial charge >= 0.3 is 7.82 Å². The van der Waals surface area contributed by atoms with Crippen molar-refractivity contribution in [2.45, 2.75) is 13.8 Å². The number of hydrogen-bond donors (Lipinski definition) is 0. The summed E-state index contributed by atoms with van der Waals surface area (Å²) in [6, 6.07) is 17.3. The molecule has 2 aromatic rings. The van der Waals surface area contributed by atoms with Crippen molar-refractivity contribution in [3.63, 3.8) is 0 Å². The average molecular weight is 305 g/mol. The summed E-state index contributed by atoms with van der Waals surface area (Å²) in [6.45, 7) is 3.44. The van der Waals surface area contributed by atoms with Crippen LogP contribution in [0.5, 0.6) is 11.5 Å². The van der Waals surface area contributed by atoms with Crippen LogP contribution in [-0.2, 0) is 9.19 Å². The van der Waals surface area contributed by atoms with Crippen LogP contribution >= 0.6 is 7.82 Å². The Morgan fingerprint density at radius 3 is 1.67 bits per heavy atom. The molecule has 0 spiro atoms. The molecule has 0 heterocycles. The molecule has 0 aromatic heterocycles. The molecule has 0 bridgehead atoms. The minimum absolute atomic E-state index is 0.376. The summed E-state index contributed by atoms with van der Waals surface area (Å²) >= 11 is 0. The first-order valence-corrected chi connectivity index (χ1v) is 7.83. The zero-order valence-electron chi connectivity index (χ0n) is 11.8. The Labute approximate surface area is 123 Å². The second-order valence-electron chi connectivity index (χ2n) is 4.38. The number of oxime groups is 1. The Morgan fingerprint density at radius 2 is 1.29 bits per heavy atom. The maximum absolute atomic E-state index is 12.7. The van der Waals surface area contributed by atoms with Crippen LogP contribution in [0.25, 0.3) is 0 Å². The van der Waals surface area contributed by atoms with Crippen molar-refractivity contribution in [1.82, 2.24) is 0 Å². The molecule has 0 N–H and O–H groups in total. The molecule has 6 heteroatoms. The fourth-order valence-electron chi connectivity index (χ4n) is 1.40. The third-order valence-corrected chi connectivity index (χ3v) is 3.39. The van der Waals surface area contributed by atoms with Gasteiger partial charge in [-0.25, -0.2) is 0 Å². The van der Waals surface area contributed by atoms with Gasteiger partial charge in [0.15, 0.2) is 0 Å². The van der Waals surface area contributed by atoms with Gasteiger partial charge in [0.1, 0.15) is 11.5 Å². The van der Waals surface area contributed by atoms with Crippen molar-refractivity contribution in [3.8, 4) is 11.5 Å². The molecule has 0 unspecified atom stereocenters. The molecule has 0 saturated carbocycles. The lowest BCUT2D eigenvalue weighted by atomic mass is 10.3. The summed E-state index contributed by atoms with van der Waals surface area (Å²) in [5, 5.41) is 3.69. The third kappa shape index (κ3) is 4.97. The van der Waals surface area contributed by atoms with Crippen LogP contribution in [0.1, 0.15) is 13.8 Å². The Kier molecular flexibility index (Phi) is 5.01. The largest absolute Gasteiger partial charge is 0.668 e. The number of phosphoric acid groups is 1. The maximum atomic E-state index is 12.7. The summed E-state index contributed by atoms with van der Waals surface area (Å²) < 4.78 is 28.4. The normalized spacial score (nSPS) is 10.6. The molecule has 2 rings (SSSR count). The summed E-state index contributed by atoms with van der Waals surface area (Å²) in [7, 11) is -3.90. The number of nitrogens with zero attached hydrogens (tertiary/aromatic N) is 1. The molecule has 0 fully saturated rings. The molecule has 0 atom stereocenters. The van der Waals surface area contributed by atoms with E-state index in [1.807, 2.05) is 12.1 Å². The first-order chi connectivity index (χ1) is 10.1. The van der Waals surface area contributed by atoms with Crippen molar-refractivity contribution in [3.05, 3.63) is 60.7 Å². The van der Waals surface area contributed by atoms with Crippen LogP contribution in [0.3, 0.4) is 0 Å². The second kappa shape index (κ2) is 6.95. The molecule has 0 radical (unpaired) electrons. The number of rotatable bonds is 6. The fourth-order valence-corrected chi connectivity index (χ4v) is 2.53. The predicted molar refractivity (Wildman–Crippen MR) is 81.6 cm³/mol. The Hall–Kier alpha value is -2.26. The van der Waals surface area contributed by atoms with Crippen molar-refractivity contribution < 1.29 is 18.2 Å². The van der Waals surface area contributed by atoms with Crippen LogP contribution in [0.15, 0.2) is 65.8 Å². The Balaban J connectivity index is 2.21. The third-order valence-electron chi connectivity index (χ3n) is 2.24. The van der Waals surface area contributed by atoms with Gasteiger partial charge in [0, 0.05) is 0 Å². The van der Waals surface area contributed by atoms with Crippen LogP contribution in [-0.4, -0.2) is 5.71 Å². The van der Waals surface area contributed by atoms with E-state index < -0.39 is 7.82 Å². The zero-order chi connectivity index (χ0) is 15.1. The fraction of sp³-hybridized carbons (Fsp3) is 0.133. The van der Waals surface area contributed by atoms with Crippen LogP contribution in [0, 0.1) is 0 Å². The maximum Gasteiger partial charge on any atom is 0.668 e. The van der Waals surface area contributed by atoms with Gasteiger partial charge in [0.2, 0.25) is 0 Å². The molecule has 0 amide bonds. The van der Waals surface area contributed by atoms with Crippen LogP contribution in [0.2, 0.25) is 0 Å². The molecule has 0 saturated heterocycles. The number of benzene rings is 2. The number of para-hydroxylation sites is 2. The molecule has 2 aromatic carbocycles. The quantitative estimate of drug-likeness (QED) is 0.442. The van der Waals surface area contributed by atoms with Gasteiger partial charge in [0.05, 0.1) is 5.71 Å². The highest BCUT2D eigenvalue weighted by Gasteiger charge is 2.33. The minimum atomic E-state index is -3.90. The van der Waals surface area contributed by atoms with E-state index in [-0.39, 0.29) is 0 Å². The van der Waals surface area contributed by atoms with Gasteiger partial charge in [-0.3, -0.25) is 4.62 Å². The lowest BCUT2D eigenvalue weighted by Gasteiger charge is -2.16.